The Balaban J connectivity index is 2.30. The second kappa shape index (κ2) is 6.71. The normalized spacial score (nSPS) is 19.8. The van der Waals surface area contributed by atoms with E-state index in [1.165, 1.54) is 32.1 Å². The summed E-state index contributed by atoms with van der Waals surface area (Å²) in [5.74, 6) is -0.109. The van der Waals surface area contributed by atoms with Crippen molar-refractivity contribution in [3.05, 3.63) is 35.1 Å². The Bertz CT molecular complexity index is 415. The smallest absolute Gasteiger partial charge is 0.123 e. The molecule has 0 heterocycles. The number of halogens is 1. The van der Waals surface area contributed by atoms with Gasteiger partial charge in [-0.05, 0) is 61.4 Å². The molecule has 0 spiro atoms. The summed E-state index contributed by atoms with van der Waals surface area (Å²) in [4.78, 5) is 0. The summed E-state index contributed by atoms with van der Waals surface area (Å²) in [5.41, 5.74) is 2.40. The van der Waals surface area contributed by atoms with Gasteiger partial charge in [-0.3, -0.25) is 0 Å². The van der Waals surface area contributed by atoms with E-state index in [9.17, 15) is 4.39 Å². The number of rotatable bonds is 5. The molecule has 0 aromatic heterocycles. The van der Waals surface area contributed by atoms with E-state index in [0.717, 1.165) is 24.1 Å². The lowest BCUT2D eigenvalue weighted by atomic mass is 9.68. The quantitative estimate of drug-likeness (QED) is 0.785. The molecule has 1 aliphatic carbocycles. The summed E-state index contributed by atoms with van der Waals surface area (Å²) in [6.07, 6.45) is 7.54. The molecule has 2 rings (SSSR count). The van der Waals surface area contributed by atoms with Crippen LogP contribution in [-0.4, -0.2) is 6.54 Å². The van der Waals surface area contributed by atoms with E-state index in [1.54, 1.807) is 12.1 Å². The molecule has 1 unspecified atom stereocenters. The fourth-order valence-electron chi connectivity index (χ4n) is 3.63. The molecule has 1 N–H and O–H groups in total. The third-order valence-corrected chi connectivity index (χ3v) is 4.69. The number of nitrogens with one attached hydrogen (secondary N) is 1. The van der Waals surface area contributed by atoms with Crippen LogP contribution in [0.2, 0.25) is 0 Å². The van der Waals surface area contributed by atoms with Crippen molar-refractivity contribution in [2.24, 2.45) is 5.41 Å². The van der Waals surface area contributed by atoms with Gasteiger partial charge in [-0.15, -0.1) is 0 Å². The fourth-order valence-corrected chi connectivity index (χ4v) is 3.63. The van der Waals surface area contributed by atoms with E-state index >= 15 is 0 Å². The lowest BCUT2D eigenvalue weighted by Gasteiger charge is -2.42. The second-order valence-corrected chi connectivity index (χ2v) is 6.66. The van der Waals surface area contributed by atoms with Crippen molar-refractivity contribution in [1.29, 1.82) is 0 Å². The summed E-state index contributed by atoms with van der Waals surface area (Å²) in [6, 6.07) is 5.76. The number of hydrogen-bond acceptors (Lipinski definition) is 1. The van der Waals surface area contributed by atoms with Crippen LogP contribution in [-0.2, 0) is 0 Å². The molecule has 1 saturated carbocycles. The summed E-state index contributed by atoms with van der Waals surface area (Å²) < 4.78 is 13.8. The predicted molar refractivity (Wildman–Crippen MR) is 83.4 cm³/mol. The van der Waals surface area contributed by atoms with Gasteiger partial charge >= 0.3 is 0 Å². The molecule has 2 heteroatoms. The lowest BCUT2D eigenvalue weighted by Crippen LogP contribution is -2.38. The van der Waals surface area contributed by atoms with Gasteiger partial charge in [-0.2, -0.15) is 0 Å². The van der Waals surface area contributed by atoms with Crippen molar-refractivity contribution < 1.29 is 4.39 Å². The highest BCUT2D eigenvalue weighted by Gasteiger charge is 2.36. The minimum atomic E-state index is -0.109. The van der Waals surface area contributed by atoms with Crippen LogP contribution in [0.25, 0.3) is 0 Å². The van der Waals surface area contributed by atoms with E-state index in [2.05, 4.69) is 25.2 Å². The summed E-state index contributed by atoms with van der Waals surface area (Å²) in [5, 5.41) is 3.68. The van der Waals surface area contributed by atoms with Crippen molar-refractivity contribution in [3.63, 3.8) is 0 Å². The average molecular weight is 277 g/mol. The van der Waals surface area contributed by atoms with Crippen LogP contribution in [0, 0.1) is 18.2 Å². The molecule has 0 bridgehead atoms. The van der Waals surface area contributed by atoms with E-state index < -0.39 is 0 Å². The third-order valence-electron chi connectivity index (χ3n) is 4.69. The van der Waals surface area contributed by atoms with Crippen LogP contribution >= 0.6 is 0 Å². The molecule has 1 aromatic rings. The van der Waals surface area contributed by atoms with Crippen molar-refractivity contribution >= 4 is 0 Å². The molecule has 1 aromatic carbocycles. The van der Waals surface area contributed by atoms with Crippen molar-refractivity contribution in [2.45, 2.75) is 65.3 Å². The molecular weight excluding hydrogens is 249 g/mol. The molecule has 1 aliphatic rings. The summed E-state index contributed by atoms with van der Waals surface area (Å²) in [7, 11) is 0. The first-order chi connectivity index (χ1) is 9.55. The highest BCUT2D eigenvalue weighted by molar-refractivity contribution is 5.28. The van der Waals surface area contributed by atoms with Gasteiger partial charge in [0.2, 0.25) is 0 Å². The summed E-state index contributed by atoms with van der Waals surface area (Å²) in [6.45, 7) is 7.53. The maximum absolute atomic E-state index is 13.8. The van der Waals surface area contributed by atoms with Crippen molar-refractivity contribution in [1.82, 2.24) is 5.32 Å². The molecular formula is C18H28FN. The first-order valence-corrected chi connectivity index (χ1v) is 8.05. The zero-order chi connectivity index (χ0) is 14.6. The van der Waals surface area contributed by atoms with Crippen LogP contribution < -0.4 is 5.32 Å². The molecule has 1 atom stereocenters. The Labute approximate surface area is 123 Å². The molecule has 0 radical (unpaired) electrons. The third kappa shape index (κ3) is 3.60. The average Bonchev–Trinajstić information content (AvgIpc) is 2.38. The van der Waals surface area contributed by atoms with E-state index in [1.807, 2.05) is 6.92 Å². The molecule has 112 valence electrons. The highest BCUT2D eigenvalue weighted by Crippen LogP contribution is 2.45. The van der Waals surface area contributed by atoms with Crippen LogP contribution in [0.5, 0.6) is 0 Å². The highest BCUT2D eigenvalue weighted by atomic mass is 19.1. The van der Waals surface area contributed by atoms with Crippen LogP contribution in [0.3, 0.4) is 0 Å². The standard InChI is InChI=1S/C18H28FN/c1-4-10-20-17(18(3)8-6-5-7-9-18)15-11-14(2)12-16(19)13-15/h11-13,17,20H,4-10H2,1-3H3. The molecule has 0 aliphatic heterocycles. The van der Waals surface area contributed by atoms with E-state index in [0.29, 0.717) is 0 Å². The fraction of sp³-hybridized carbons (Fsp3) is 0.667. The molecule has 1 nitrogen and oxygen atoms in total. The molecule has 1 fully saturated rings. The summed E-state index contributed by atoms with van der Waals surface area (Å²) >= 11 is 0. The van der Waals surface area contributed by atoms with Gasteiger partial charge in [0.25, 0.3) is 0 Å². The topological polar surface area (TPSA) is 12.0 Å². The van der Waals surface area contributed by atoms with Gasteiger partial charge in [0.1, 0.15) is 5.82 Å². The van der Waals surface area contributed by atoms with E-state index in [4.69, 9.17) is 0 Å². The maximum Gasteiger partial charge on any atom is 0.123 e. The number of hydrogen-bond donors (Lipinski definition) is 1. The first kappa shape index (κ1) is 15.5. The maximum atomic E-state index is 13.8. The van der Waals surface area contributed by atoms with Gasteiger partial charge in [0.15, 0.2) is 0 Å². The van der Waals surface area contributed by atoms with Gasteiger partial charge in [-0.1, -0.05) is 39.2 Å². The molecule has 20 heavy (non-hydrogen) atoms. The Morgan fingerprint density at radius 2 is 1.90 bits per heavy atom. The van der Waals surface area contributed by atoms with E-state index in [-0.39, 0.29) is 17.3 Å². The van der Waals surface area contributed by atoms with Crippen LogP contribution in [0.1, 0.15) is 69.5 Å². The Morgan fingerprint density at radius 3 is 2.50 bits per heavy atom. The number of benzene rings is 1. The van der Waals surface area contributed by atoms with Gasteiger partial charge in [0, 0.05) is 6.04 Å². The van der Waals surface area contributed by atoms with Gasteiger partial charge < -0.3 is 5.32 Å². The zero-order valence-electron chi connectivity index (χ0n) is 13.1. The second-order valence-electron chi connectivity index (χ2n) is 6.66. The Hall–Kier alpha value is -0.890. The Kier molecular flexibility index (Phi) is 5.20. The SMILES string of the molecule is CCCNC(c1cc(C)cc(F)c1)C1(C)CCCCC1. The lowest BCUT2D eigenvalue weighted by molar-refractivity contribution is 0.144. The predicted octanol–water partition coefficient (Wildman–Crippen LogP) is 5.15. The molecule has 0 amide bonds. The zero-order valence-corrected chi connectivity index (χ0v) is 13.1. The monoisotopic (exact) mass is 277 g/mol. The van der Waals surface area contributed by atoms with Gasteiger partial charge in [0.05, 0.1) is 0 Å². The van der Waals surface area contributed by atoms with Crippen LogP contribution in [0.15, 0.2) is 18.2 Å². The van der Waals surface area contributed by atoms with Gasteiger partial charge in [-0.25, -0.2) is 4.39 Å². The first-order valence-electron chi connectivity index (χ1n) is 8.05. The number of aryl methyl sites for hydroxylation is 1. The van der Waals surface area contributed by atoms with Crippen molar-refractivity contribution in [3.8, 4) is 0 Å². The molecule has 0 saturated heterocycles. The minimum absolute atomic E-state index is 0.109. The van der Waals surface area contributed by atoms with Crippen molar-refractivity contribution in [2.75, 3.05) is 6.54 Å². The van der Waals surface area contributed by atoms with Crippen LogP contribution in [0.4, 0.5) is 4.39 Å². The largest absolute Gasteiger partial charge is 0.309 e. The minimum Gasteiger partial charge on any atom is -0.309 e. The Morgan fingerprint density at radius 1 is 1.20 bits per heavy atom.